The van der Waals surface area contributed by atoms with Crippen molar-refractivity contribution in [2.24, 2.45) is 0 Å². The molecular formula is C4H3N3O2. The second-order valence-electron chi connectivity index (χ2n) is 1.33. The molecule has 1 aromatic rings. The molecule has 46 valence electrons. The number of hydrogen-bond donors (Lipinski definition) is 0. The van der Waals surface area contributed by atoms with Gasteiger partial charge in [0.05, 0.1) is 4.96 Å². The molecule has 0 radical (unpaired) electrons. The molecule has 0 N–H and O–H groups in total. The molecule has 0 aliphatic heterocycles. The lowest BCUT2D eigenvalue weighted by molar-refractivity contribution is -0.727. The van der Waals surface area contributed by atoms with Crippen molar-refractivity contribution in [3.63, 3.8) is 0 Å². The fourth-order valence-electron chi connectivity index (χ4n) is 0.343. The van der Waals surface area contributed by atoms with Gasteiger partial charge >= 0.3 is 0 Å². The average molecular weight is 125 g/mol. The van der Waals surface area contributed by atoms with Gasteiger partial charge in [-0.1, -0.05) is 0 Å². The van der Waals surface area contributed by atoms with E-state index in [-0.39, 0.29) is 10.4 Å². The number of rotatable bonds is 0. The van der Waals surface area contributed by atoms with Crippen LogP contribution in [-0.4, -0.2) is 10.2 Å². The van der Waals surface area contributed by atoms with Gasteiger partial charge in [-0.05, 0) is 0 Å². The Labute approximate surface area is 50.2 Å². The zero-order valence-electron chi connectivity index (χ0n) is 4.39. The molecule has 0 saturated heterocycles. The maximum Gasteiger partial charge on any atom is 0.204 e. The van der Waals surface area contributed by atoms with E-state index in [9.17, 15) is 10.0 Å². The first kappa shape index (κ1) is 5.61. The predicted molar refractivity (Wildman–Crippen MR) is 27.3 cm³/mol. The van der Waals surface area contributed by atoms with E-state index in [4.69, 9.17) is 0 Å². The first-order valence-corrected chi connectivity index (χ1v) is 2.21. The number of aromatic nitrogens is 3. The van der Waals surface area contributed by atoms with Gasteiger partial charge < -0.3 is 5.21 Å². The third-order valence-corrected chi connectivity index (χ3v) is 0.688. The lowest BCUT2D eigenvalue weighted by Crippen LogP contribution is -2.33. The Balaban J connectivity index is 3.33. The van der Waals surface area contributed by atoms with Gasteiger partial charge in [0.25, 0.3) is 0 Å². The zero-order chi connectivity index (χ0) is 6.69. The molecule has 1 heterocycles. The third kappa shape index (κ3) is 1.45. The van der Waals surface area contributed by atoms with Gasteiger partial charge in [0.1, 0.15) is 12.4 Å². The summed E-state index contributed by atoms with van der Waals surface area (Å²) in [5.41, 5.74) is -0.336. The highest BCUT2D eigenvalue weighted by molar-refractivity contribution is 4.80. The Kier molecular flexibility index (Phi) is 1.35. The van der Waals surface area contributed by atoms with E-state index in [1.165, 1.54) is 0 Å². The molecule has 5 heteroatoms. The SMILES string of the molecule is O=c1ccn[n+]([O-])nc1. The van der Waals surface area contributed by atoms with Gasteiger partial charge in [-0.2, -0.15) is 0 Å². The molecule has 0 aliphatic carbocycles. The lowest BCUT2D eigenvalue weighted by atomic mass is 10.6. The Bertz CT molecular complexity index is 262. The summed E-state index contributed by atoms with van der Waals surface area (Å²) in [6.45, 7) is 0. The van der Waals surface area contributed by atoms with Crippen LogP contribution in [0.3, 0.4) is 0 Å². The van der Waals surface area contributed by atoms with E-state index in [0.717, 1.165) is 18.5 Å². The van der Waals surface area contributed by atoms with E-state index in [2.05, 4.69) is 10.2 Å². The maximum atomic E-state index is 10.4. The fourth-order valence-corrected chi connectivity index (χ4v) is 0.343. The summed E-state index contributed by atoms with van der Waals surface area (Å²) in [6.07, 6.45) is 2.00. The molecule has 0 unspecified atom stereocenters. The van der Waals surface area contributed by atoms with Gasteiger partial charge in [-0.15, -0.1) is 0 Å². The summed E-state index contributed by atoms with van der Waals surface area (Å²) in [5, 5.41) is 16.4. The predicted octanol–water partition coefficient (Wildman–Crippen LogP) is -1.53. The quantitative estimate of drug-likeness (QED) is 0.311. The van der Waals surface area contributed by atoms with E-state index in [0.29, 0.717) is 0 Å². The van der Waals surface area contributed by atoms with Crippen LogP contribution in [0.25, 0.3) is 0 Å². The van der Waals surface area contributed by atoms with Crippen LogP contribution in [0.4, 0.5) is 0 Å². The summed E-state index contributed by atoms with van der Waals surface area (Å²) in [4.78, 5) is 10.4. The van der Waals surface area contributed by atoms with E-state index in [1.807, 2.05) is 0 Å². The number of hydrogen-bond acceptors (Lipinski definition) is 4. The third-order valence-electron chi connectivity index (χ3n) is 0.688. The maximum absolute atomic E-state index is 10.4. The Morgan fingerprint density at radius 1 is 1.56 bits per heavy atom. The van der Waals surface area contributed by atoms with Gasteiger partial charge in [0.15, 0.2) is 0 Å². The van der Waals surface area contributed by atoms with Crippen molar-refractivity contribution in [1.82, 2.24) is 10.2 Å². The van der Waals surface area contributed by atoms with Crippen LogP contribution in [0.15, 0.2) is 23.3 Å². The molecule has 0 bridgehead atoms. The smallest absolute Gasteiger partial charge is 0.204 e. The molecule has 1 aromatic heterocycles. The first-order valence-electron chi connectivity index (χ1n) is 2.21. The fraction of sp³-hybridized carbons (Fsp3) is 0. The zero-order valence-corrected chi connectivity index (χ0v) is 4.39. The summed E-state index contributed by atoms with van der Waals surface area (Å²) >= 11 is 0. The Morgan fingerprint density at radius 3 is 3.11 bits per heavy atom. The minimum absolute atomic E-state index is 0.0708. The minimum Gasteiger partial charge on any atom is -0.569 e. The highest BCUT2D eigenvalue weighted by Gasteiger charge is 1.84. The lowest BCUT2D eigenvalue weighted by Gasteiger charge is -1.75. The van der Waals surface area contributed by atoms with Gasteiger partial charge in [0.2, 0.25) is 5.43 Å². The summed E-state index contributed by atoms with van der Waals surface area (Å²) in [7, 11) is 0. The van der Waals surface area contributed by atoms with Gasteiger partial charge in [-0.3, -0.25) is 4.79 Å². The molecule has 0 atom stereocenters. The molecule has 0 spiro atoms. The van der Waals surface area contributed by atoms with Crippen molar-refractivity contribution < 1.29 is 4.96 Å². The van der Waals surface area contributed by atoms with E-state index >= 15 is 0 Å². The first-order chi connectivity index (χ1) is 4.29. The Morgan fingerprint density at radius 2 is 2.33 bits per heavy atom. The monoisotopic (exact) mass is 125 g/mol. The van der Waals surface area contributed by atoms with Crippen molar-refractivity contribution >= 4 is 0 Å². The molecule has 0 aromatic carbocycles. The van der Waals surface area contributed by atoms with Crippen LogP contribution >= 0.6 is 0 Å². The molecule has 0 fully saturated rings. The van der Waals surface area contributed by atoms with Crippen LogP contribution in [0, 0.1) is 5.21 Å². The topological polar surface area (TPSA) is 69.8 Å². The highest BCUT2D eigenvalue weighted by atomic mass is 16.5. The van der Waals surface area contributed by atoms with Crippen molar-refractivity contribution in [1.29, 1.82) is 0 Å². The second-order valence-corrected chi connectivity index (χ2v) is 1.33. The molecule has 0 saturated carbocycles. The second kappa shape index (κ2) is 2.17. The van der Waals surface area contributed by atoms with Gasteiger partial charge in [-0.25, -0.2) is 0 Å². The van der Waals surface area contributed by atoms with Gasteiger partial charge in [0, 0.05) is 16.3 Å². The normalized spacial score (nSPS) is 8.89. The van der Waals surface area contributed by atoms with Crippen LogP contribution in [-0.2, 0) is 0 Å². The molecule has 9 heavy (non-hydrogen) atoms. The molecule has 1 rings (SSSR count). The molecule has 5 nitrogen and oxygen atoms in total. The minimum atomic E-state index is -0.336. The van der Waals surface area contributed by atoms with Crippen molar-refractivity contribution in [2.45, 2.75) is 0 Å². The van der Waals surface area contributed by atoms with Crippen LogP contribution in [0.1, 0.15) is 0 Å². The van der Waals surface area contributed by atoms with Crippen molar-refractivity contribution in [2.75, 3.05) is 0 Å². The van der Waals surface area contributed by atoms with Crippen LogP contribution in [0.5, 0.6) is 0 Å². The van der Waals surface area contributed by atoms with E-state index < -0.39 is 0 Å². The van der Waals surface area contributed by atoms with Crippen molar-refractivity contribution in [3.8, 4) is 0 Å². The Hall–Kier alpha value is -1.52. The molecule has 0 aliphatic rings. The standard InChI is InChI=1S/C4H3N3O2/c8-4-1-2-5-7(9)6-3-4/h1-3H. The summed E-state index contributed by atoms with van der Waals surface area (Å²) < 4.78 is 0. The summed E-state index contributed by atoms with van der Waals surface area (Å²) in [5.74, 6) is 0. The van der Waals surface area contributed by atoms with E-state index in [1.54, 1.807) is 0 Å². The van der Waals surface area contributed by atoms with Crippen LogP contribution in [0.2, 0.25) is 0 Å². The highest BCUT2D eigenvalue weighted by Crippen LogP contribution is 1.54. The average Bonchev–Trinajstić information content (AvgIpc) is 1.97. The summed E-state index contributed by atoms with van der Waals surface area (Å²) in [6, 6.07) is 1.15. The molecule has 0 amide bonds. The number of nitrogens with zero attached hydrogens (tertiary/aromatic N) is 3. The largest absolute Gasteiger partial charge is 0.569 e. The van der Waals surface area contributed by atoms with Crippen LogP contribution < -0.4 is 10.4 Å². The molecular weight excluding hydrogens is 122 g/mol. The van der Waals surface area contributed by atoms with Crippen molar-refractivity contribution in [3.05, 3.63) is 33.9 Å².